The summed E-state index contributed by atoms with van der Waals surface area (Å²) in [5.41, 5.74) is -1.30. The molecule has 0 aliphatic heterocycles. The van der Waals surface area contributed by atoms with Crippen LogP contribution >= 0.6 is 0 Å². The number of carbonyl (C=O) groups is 1. The van der Waals surface area contributed by atoms with Gasteiger partial charge in [0, 0.05) is 6.07 Å². The van der Waals surface area contributed by atoms with Crippen LogP contribution in [0.2, 0.25) is 0 Å². The Morgan fingerprint density at radius 2 is 2.24 bits per heavy atom. The maximum absolute atomic E-state index is 13.0. The molecule has 1 N–H and O–H groups in total. The second kappa shape index (κ2) is 4.85. The number of aliphatic carboxylic acids is 1. The largest absolute Gasteiger partial charge is 0.477 e. The number of nitrogens with zero attached hydrogens (tertiary/aromatic N) is 2. The van der Waals surface area contributed by atoms with E-state index in [1.165, 1.54) is 6.07 Å². The molecule has 0 spiro atoms. The van der Waals surface area contributed by atoms with Gasteiger partial charge in [-0.1, -0.05) is 6.07 Å². The van der Waals surface area contributed by atoms with Crippen molar-refractivity contribution in [1.82, 2.24) is 0 Å². The van der Waals surface area contributed by atoms with Gasteiger partial charge in [-0.2, -0.15) is 9.65 Å². The van der Waals surface area contributed by atoms with Gasteiger partial charge in [0.2, 0.25) is 5.82 Å². The van der Waals surface area contributed by atoms with Gasteiger partial charge in [-0.25, -0.2) is 4.79 Å². The van der Waals surface area contributed by atoms with Crippen LogP contribution in [0.3, 0.4) is 0 Å². The standard InChI is InChI=1S/C10H5FN2O4/c11-8-2-1-6(4-9(8)13(16)17)3-7(5-12)10(14)15/h1-4H,(H,14,15)/b7-3+. The molecule has 6 nitrogen and oxygen atoms in total. The topological polar surface area (TPSA) is 104 Å². The molecule has 0 fully saturated rings. The fourth-order valence-corrected chi connectivity index (χ4v) is 1.07. The summed E-state index contributed by atoms with van der Waals surface area (Å²) in [6.07, 6.45) is 0.925. The summed E-state index contributed by atoms with van der Waals surface area (Å²) in [4.78, 5) is 20.0. The fraction of sp³-hybridized carbons (Fsp3) is 0. The molecule has 0 heterocycles. The molecule has 7 heteroatoms. The minimum atomic E-state index is -1.46. The minimum Gasteiger partial charge on any atom is -0.477 e. The molecular weight excluding hydrogens is 231 g/mol. The van der Waals surface area contributed by atoms with Crippen LogP contribution in [0.25, 0.3) is 6.08 Å². The first-order valence-electron chi connectivity index (χ1n) is 4.24. The van der Waals surface area contributed by atoms with Crippen LogP contribution in [0.5, 0.6) is 0 Å². The van der Waals surface area contributed by atoms with Crippen LogP contribution in [0, 0.1) is 27.3 Å². The Balaban J connectivity index is 3.27. The lowest BCUT2D eigenvalue weighted by Crippen LogP contribution is -1.98. The normalized spacial score (nSPS) is 10.7. The molecule has 0 unspecified atom stereocenters. The molecule has 86 valence electrons. The fourth-order valence-electron chi connectivity index (χ4n) is 1.07. The highest BCUT2D eigenvalue weighted by Gasteiger charge is 2.14. The molecule has 1 aromatic carbocycles. The second-order valence-electron chi connectivity index (χ2n) is 2.94. The summed E-state index contributed by atoms with van der Waals surface area (Å²) in [6.45, 7) is 0. The van der Waals surface area contributed by atoms with Crippen molar-refractivity contribution < 1.29 is 19.2 Å². The molecule has 0 saturated carbocycles. The zero-order chi connectivity index (χ0) is 13.0. The number of hydrogen-bond acceptors (Lipinski definition) is 4. The van der Waals surface area contributed by atoms with Gasteiger partial charge in [0.15, 0.2) is 0 Å². The zero-order valence-corrected chi connectivity index (χ0v) is 8.25. The van der Waals surface area contributed by atoms with Crippen molar-refractivity contribution in [2.24, 2.45) is 0 Å². The number of nitriles is 1. The van der Waals surface area contributed by atoms with E-state index in [1.807, 2.05) is 0 Å². The van der Waals surface area contributed by atoms with Crippen LogP contribution < -0.4 is 0 Å². The maximum atomic E-state index is 13.0. The van der Waals surface area contributed by atoms with E-state index in [2.05, 4.69) is 0 Å². The van der Waals surface area contributed by atoms with Gasteiger partial charge in [-0.05, 0) is 17.7 Å². The monoisotopic (exact) mass is 236 g/mol. The lowest BCUT2D eigenvalue weighted by atomic mass is 10.1. The predicted molar refractivity (Wildman–Crippen MR) is 54.3 cm³/mol. The highest BCUT2D eigenvalue weighted by atomic mass is 19.1. The van der Waals surface area contributed by atoms with E-state index >= 15 is 0 Å². The summed E-state index contributed by atoms with van der Waals surface area (Å²) in [5.74, 6) is -2.49. The minimum absolute atomic E-state index is 0.0667. The molecule has 0 saturated heterocycles. The highest BCUT2D eigenvalue weighted by Crippen LogP contribution is 2.20. The molecule has 1 aromatic rings. The first-order chi connectivity index (χ1) is 7.95. The van der Waals surface area contributed by atoms with E-state index in [1.54, 1.807) is 0 Å². The van der Waals surface area contributed by atoms with Gasteiger partial charge in [-0.3, -0.25) is 10.1 Å². The van der Waals surface area contributed by atoms with Gasteiger partial charge in [0.05, 0.1) is 4.92 Å². The first kappa shape index (κ1) is 12.3. The number of nitro benzene ring substituents is 1. The Kier molecular flexibility index (Phi) is 3.51. The number of nitro groups is 1. The van der Waals surface area contributed by atoms with Gasteiger partial charge in [-0.15, -0.1) is 0 Å². The Morgan fingerprint density at radius 1 is 1.59 bits per heavy atom. The van der Waals surface area contributed by atoms with Crippen LogP contribution in [-0.2, 0) is 4.79 Å². The molecule has 0 radical (unpaired) electrons. The number of carboxylic acids is 1. The van der Waals surface area contributed by atoms with Crippen molar-refractivity contribution in [2.75, 3.05) is 0 Å². The second-order valence-corrected chi connectivity index (χ2v) is 2.94. The summed E-state index contributed by atoms with van der Waals surface area (Å²) in [6, 6.07) is 4.24. The van der Waals surface area contributed by atoms with Crippen LogP contribution in [0.15, 0.2) is 23.8 Å². The maximum Gasteiger partial charge on any atom is 0.346 e. The number of carboxylic acid groups (broad SMARTS) is 1. The molecule has 0 aromatic heterocycles. The van der Waals surface area contributed by atoms with Gasteiger partial charge < -0.3 is 5.11 Å². The van der Waals surface area contributed by atoms with E-state index in [-0.39, 0.29) is 5.56 Å². The smallest absolute Gasteiger partial charge is 0.346 e. The van der Waals surface area contributed by atoms with Crippen molar-refractivity contribution in [3.8, 4) is 6.07 Å². The predicted octanol–water partition coefficient (Wildman–Crippen LogP) is 1.73. The lowest BCUT2D eigenvalue weighted by molar-refractivity contribution is -0.387. The Bertz CT molecular complexity index is 560. The van der Waals surface area contributed by atoms with E-state index in [4.69, 9.17) is 10.4 Å². The van der Waals surface area contributed by atoms with Crippen molar-refractivity contribution in [1.29, 1.82) is 5.26 Å². The lowest BCUT2D eigenvalue weighted by Gasteiger charge is -1.96. The number of halogens is 1. The number of benzene rings is 1. The SMILES string of the molecule is N#C/C(=C\c1ccc(F)c([N+](=O)[O-])c1)C(=O)O. The molecule has 0 aliphatic rings. The van der Waals surface area contributed by atoms with Crippen LogP contribution in [0.4, 0.5) is 10.1 Å². The van der Waals surface area contributed by atoms with Crippen LogP contribution in [-0.4, -0.2) is 16.0 Å². The van der Waals surface area contributed by atoms with Gasteiger partial charge >= 0.3 is 11.7 Å². The van der Waals surface area contributed by atoms with E-state index in [0.29, 0.717) is 0 Å². The summed E-state index contributed by atoms with van der Waals surface area (Å²) in [5, 5.41) is 27.5. The average Bonchev–Trinajstić information content (AvgIpc) is 2.27. The zero-order valence-electron chi connectivity index (χ0n) is 8.25. The quantitative estimate of drug-likeness (QED) is 0.372. The first-order valence-corrected chi connectivity index (χ1v) is 4.24. The van der Waals surface area contributed by atoms with E-state index < -0.39 is 28.0 Å². The van der Waals surface area contributed by atoms with Crippen LogP contribution in [0.1, 0.15) is 5.56 Å². The van der Waals surface area contributed by atoms with Crippen molar-refractivity contribution in [3.63, 3.8) is 0 Å². The molecule has 0 amide bonds. The van der Waals surface area contributed by atoms with E-state index in [9.17, 15) is 19.3 Å². The Labute approximate surface area is 94.4 Å². The third-order valence-corrected chi connectivity index (χ3v) is 1.83. The Hall–Kier alpha value is -2.75. The molecule has 0 atom stereocenters. The third kappa shape index (κ3) is 2.85. The number of rotatable bonds is 3. The third-order valence-electron chi connectivity index (χ3n) is 1.83. The summed E-state index contributed by atoms with van der Waals surface area (Å²) in [7, 11) is 0. The average molecular weight is 236 g/mol. The van der Waals surface area contributed by atoms with Crippen molar-refractivity contribution in [3.05, 3.63) is 45.3 Å². The number of hydrogen-bond donors (Lipinski definition) is 1. The van der Waals surface area contributed by atoms with Crippen molar-refractivity contribution in [2.45, 2.75) is 0 Å². The highest BCUT2D eigenvalue weighted by molar-refractivity contribution is 5.96. The summed E-state index contributed by atoms with van der Waals surface area (Å²) < 4.78 is 13.0. The molecular formula is C10H5FN2O4. The molecule has 0 aliphatic carbocycles. The van der Waals surface area contributed by atoms with E-state index in [0.717, 1.165) is 24.3 Å². The summed E-state index contributed by atoms with van der Waals surface area (Å²) >= 11 is 0. The van der Waals surface area contributed by atoms with Gasteiger partial charge in [0.25, 0.3) is 0 Å². The Morgan fingerprint density at radius 3 is 2.71 bits per heavy atom. The molecule has 1 rings (SSSR count). The van der Waals surface area contributed by atoms with Crippen molar-refractivity contribution >= 4 is 17.7 Å². The van der Waals surface area contributed by atoms with Gasteiger partial charge in [0.1, 0.15) is 11.6 Å². The molecule has 0 bridgehead atoms. The molecule has 17 heavy (non-hydrogen) atoms.